The van der Waals surface area contributed by atoms with Crippen LogP contribution < -0.4 is 5.32 Å². The summed E-state index contributed by atoms with van der Waals surface area (Å²) >= 11 is 0. The third kappa shape index (κ3) is 3.28. The lowest BCUT2D eigenvalue weighted by atomic mass is 9.68. The second-order valence-corrected chi connectivity index (χ2v) is 9.42. The van der Waals surface area contributed by atoms with Crippen LogP contribution in [0.15, 0.2) is 23.8 Å². The number of esters is 1. The van der Waals surface area contributed by atoms with E-state index in [2.05, 4.69) is 42.3 Å². The molecule has 3 heterocycles. The van der Waals surface area contributed by atoms with Crippen LogP contribution in [0.4, 0.5) is 0 Å². The summed E-state index contributed by atoms with van der Waals surface area (Å²) in [6, 6.07) is 0.437. The minimum atomic E-state index is -0.637. The number of aliphatic hydroxyl groups is 1. The highest BCUT2D eigenvalue weighted by Gasteiger charge is 2.54. The van der Waals surface area contributed by atoms with Gasteiger partial charge in [-0.3, -0.25) is 4.79 Å². The second-order valence-electron chi connectivity index (χ2n) is 9.42. The smallest absolute Gasteiger partial charge is 0.313 e. The van der Waals surface area contributed by atoms with E-state index in [0.717, 1.165) is 51.7 Å². The van der Waals surface area contributed by atoms with Crippen molar-refractivity contribution in [2.75, 3.05) is 26.7 Å². The highest BCUT2D eigenvalue weighted by atomic mass is 16.5. The molecule has 3 aliphatic heterocycles. The molecule has 5 nitrogen and oxygen atoms in total. The van der Waals surface area contributed by atoms with E-state index in [-0.39, 0.29) is 12.0 Å². The number of nitrogens with zero attached hydrogens (tertiary/aromatic N) is 1. The SMILES string of the molecule is CCC1(O)C[C@H]2CN(CCC3C4=CC=CCC4NC3[C@](C)(C(=O)OC)C2)C1. The molecular formula is C22H34N2O3. The van der Waals surface area contributed by atoms with Gasteiger partial charge in [0.15, 0.2) is 0 Å². The summed E-state index contributed by atoms with van der Waals surface area (Å²) < 4.78 is 5.32. The number of allylic oxidation sites excluding steroid dienone is 2. The number of ether oxygens (including phenoxy) is 1. The number of methoxy groups -OCH3 is 1. The van der Waals surface area contributed by atoms with Gasteiger partial charge in [0.1, 0.15) is 0 Å². The van der Waals surface area contributed by atoms with Gasteiger partial charge in [-0.25, -0.2) is 0 Å². The van der Waals surface area contributed by atoms with E-state index in [1.807, 2.05) is 0 Å². The lowest BCUT2D eigenvalue weighted by molar-refractivity contribution is -0.156. The van der Waals surface area contributed by atoms with E-state index in [9.17, 15) is 9.90 Å². The minimum absolute atomic E-state index is 0.0939. The normalized spacial score (nSPS) is 46.4. The molecule has 0 aromatic carbocycles. The van der Waals surface area contributed by atoms with E-state index in [1.54, 1.807) is 0 Å². The van der Waals surface area contributed by atoms with Crippen molar-refractivity contribution in [3.8, 4) is 0 Å². The highest BCUT2D eigenvalue weighted by molar-refractivity contribution is 5.77. The van der Waals surface area contributed by atoms with Gasteiger partial charge < -0.3 is 20.1 Å². The van der Waals surface area contributed by atoms with Crippen LogP contribution in [0.2, 0.25) is 0 Å². The van der Waals surface area contributed by atoms with Crippen molar-refractivity contribution < 1.29 is 14.6 Å². The standard InChI is InChI=1S/C22H34N2O3/c1-4-22(26)12-15-11-21(2,20(25)27-3)19-17(9-10-24(13-15)14-22)16-7-5-6-8-18(16)23-19/h5-7,15,17-19,23,26H,4,8-14H2,1-3H3/t15-,17?,18?,19?,21+,22?/m0/s1. The molecule has 0 amide bonds. The zero-order chi connectivity index (χ0) is 19.2. The van der Waals surface area contributed by atoms with E-state index in [0.29, 0.717) is 17.9 Å². The average Bonchev–Trinajstić information content (AvgIpc) is 3.05. The molecule has 4 rings (SSSR count). The predicted octanol–water partition coefficient (Wildman–Crippen LogP) is 2.27. The predicted molar refractivity (Wildman–Crippen MR) is 105 cm³/mol. The molecule has 0 radical (unpaired) electrons. The summed E-state index contributed by atoms with van der Waals surface area (Å²) in [5.41, 5.74) is 0.230. The van der Waals surface area contributed by atoms with Crippen molar-refractivity contribution in [3.05, 3.63) is 23.8 Å². The molecule has 1 aliphatic carbocycles. The summed E-state index contributed by atoms with van der Waals surface area (Å²) in [5, 5.41) is 14.9. The summed E-state index contributed by atoms with van der Waals surface area (Å²) in [6.07, 6.45) is 10.9. The van der Waals surface area contributed by atoms with Gasteiger partial charge in [-0.2, -0.15) is 0 Å². The summed E-state index contributed by atoms with van der Waals surface area (Å²) in [4.78, 5) is 15.5. The Hall–Kier alpha value is -1.17. The zero-order valence-electron chi connectivity index (χ0n) is 16.9. The molecule has 5 unspecified atom stereocenters. The zero-order valence-corrected chi connectivity index (χ0v) is 16.9. The second kappa shape index (κ2) is 7.02. The molecule has 2 N–H and O–H groups in total. The van der Waals surface area contributed by atoms with Gasteiger partial charge in [-0.05, 0) is 63.0 Å². The van der Waals surface area contributed by atoms with Crippen molar-refractivity contribution in [2.24, 2.45) is 17.3 Å². The van der Waals surface area contributed by atoms with Crippen LogP contribution >= 0.6 is 0 Å². The number of fused-ring (bicyclic) bond motifs is 5. The number of rotatable bonds is 2. The van der Waals surface area contributed by atoms with Crippen LogP contribution in [-0.4, -0.2) is 60.4 Å². The van der Waals surface area contributed by atoms with E-state index in [4.69, 9.17) is 4.74 Å². The van der Waals surface area contributed by atoms with E-state index >= 15 is 0 Å². The summed E-state index contributed by atoms with van der Waals surface area (Å²) in [5.74, 6) is 0.539. The molecule has 3 saturated heterocycles. The van der Waals surface area contributed by atoms with Gasteiger partial charge in [0.2, 0.25) is 0 Å². The van der Waals surface area contributed by atoms with Gasteiger partial charge >= 0.3 is 5.97 Å². The monoisotopic (exact) mass is 374 g/mol. The number of nitrogens with one attached hydrogen (secondary N) is 1. The minimum Gasteiger partial charge on any atom is -0.469 e. The molecule has 0 aromatic rings. The molecule has 3 fully saturated rings. The first-order valence-electron chi connectivity index (χ1n) is 10.5. The molecule has 5 heteroatoms. The molecule has 27 heavy (non-hydrogen) atoms. The van der Waals surface area contributed by atoms with Crippen molar-refractivity contribution in [2.45, 2.75) is 63.6 Å². The average molecular weight is 375 g/mol. The topological polar surface area (TPSA) is 61.8 Å². The lowest BCUT2D eigenvalue weighted by Gasteiger charge is -2.45. The molecule has 2 bridgehead atoms. The quantitative estimate of drug-likeness (QED) is 0.726. The van der Waals surface area contributed by atoms with Gasteiger partial charge in [-0.15, -0.1) is 0 Å². The molecule has 0 aromatic heterocycles. The maximum atomic E-state index is 13.0. The van der Waals surface area contributed by atoms with Gasteiger partial charge in [-0.1, -0.05) is 25.2 Å². The Balaban J connectivity index is 1.72. The number of hydrogen-bond acceptors (Lipinski definition) is 5. The van der Waals surface area contributed by atoms with E-state index < -0.39 is 11.0 Å². The van der Waals surface area contributed by atoms with Crippen LogP contribution in [0.3, 0.4) is 0 Å². The fraction of sp³-hybridized carbons (Fsp3) is 0.773. The third-order valence-electron chi connectivity index (χ3n) is 7.58. The Morgan fingerprint density at radius 1 is 1.44 bits per heavy atom. The van der Waals surface area contributed by atoms with Crippen LogP contribution in [0.5, 0.6) is 0 Å². The molecule has 0 saturated carbocycles. The summed E-state index contributed by atoms with van der Waals surface area (Å²) in [6.45, 7) is 6.86. The van der Waals surface area contributed by atoms with Crippen molar-refractivity contribution in [1.29, 1.82) is 0 Å². The fourth-order valence-corrected chi connectivity index (χ4v) is 6.25. The van der Waals surface area contributed by atoms with Gasteiger partial charge in [0.05, 0.1) is 18.1 Å². The van der Waals surface area contributed by atoms with Crippen LogP contribution in [0.1, 0.15) is 46.0 Å². The molecule has 150 valence electrons. The Morgan fingerprint density at radius 2 is 2.26 bits per heavy atom. The Morgan fingerprint density at radius 3 is 3.00 bits per heavy atom. The maximum absolute atomic E-state index is 13.0. The van der Waals surface area contributed by atoms with Crippen molar-refractivity contribution in [3.63, 3.8) is 0 Å². The summed E-state index contributed by atoms with van der Waals surface area (Å²) in [7, 11) is 1.51. The van der Waals surface area contributed by atoms with Crippen LogP contribution in [-0.2, 0) is 9.53 Å². The lowest BCUT2D eigenvalue weighted by Crippen LogP contribution is -2.54. The molecule has 4 aliphatic rings. The number of hydrogen-bond donors (Lipinski definition) is 2. The van der Waals surface area contributed by atoms with Gasteiger partial charge in [0.25, 0.3) is 0 Å². The van der Waals surface area contributed by atoms with Gasteiger partial charge in [0, 0.05) is 25.2 Å². The first-order valence-corrected chi connectivity index (χ1v) is 10.5. The van der Waals surface area contributed by atoms with Crippen LogP contribution in [0, 0.1) is 17.3 Å². The highest BCUT2D eigenvalue weighted by Crippen LogP contribution is 2.47. The molecular weight excluding hydrogens is 340 g/mol. The van der Waals surface area contributed by atoms with Crippen molar-refractivity contribution in [1.82, 2.24) is 10.2 Å². The van der Waals surface area contributed by atoms with Crippen molar-refractivity contribution >= 4 is 5.97 Å². The Bertz CT molecular complexity index is 660. The first-order chi connectivity index (χ1) is 12.9. The molecule has 0 spiro atoms. The number of carbonyl (C=O) groups is 1. The fourth-order valence-electron chi connectivity index (χ4n) is 6.25. The number of carbonyl (C=O) groups excluding carboxylic acids is 1. The number of piperidine rings is 1. The largest absolute Gasteiger partial charge is 0.469 e. The first kappa shape index (κ1) is 19.2. The maximum Gasteiger partial charge on any atom is 0.313 e. The van der Waals surface area contributed by atoms with E-state index in [1.165, 1.54) is 12.7 Å². The Labute approximate surface area is 162 Å². The van der Waals surface area contributed by atoms with Crippen LogP contribution in [0.25, 0.3) is 0 Å². The third-order valence-corrected chi connectivity index (χ3v) is 7.58. The Kier molecular flexibility index (Phi) is 4.98. The molecule has 7 atom stereocenters.